The molecule has 136 valence electrons. The average Bonchev–Trinajstić information content (AvgIpc) is 2.94. The molecule has 1 aromatic rings. The minimum absolute atomic E-state index is 0.225. The maximum atomic E-state index is 10.8. The molecule has 0 aliphatic rings. The van der Waals surface area contributed by atoms with Crippen molar-refractivity contribution in [2.75, 3.05) is 7.05 Å². The fourth-order valence-electron chi connectivity index (χ4n) is 1.09. The highest BCUT2D eigenvalue weighted by molar-refractivity contribution is 5.91. The average molecular weight is 328 g/mol. The van der Waals surface area contributed by atoms with Crippen LogP contribution in [0.1, 0.15) is 84.0 Å². The second kappa shape index (κ2) is 18.4. The molecule has 1 amide bonds. The quantitative estimate of drug-likeness (QED) is 0.862. The lowest BCUT2D eigenvalue weighted by molar-refractivity contribution is -0.117. The van der Waals surface area contributed by atoms with Crippen LogP contribution in [-0.2, 0) is 4.79 Å². The molecule has 1 aromatic heterocycles. The molecule has 0 saturated heterocycles. The van der Waals surface area contributed by atoms with E-state index in [0.29, 0.717) is 23.2 Å². The SMILES string of the molecule is CC.CC(=O)CCC(C)C.CCC.CNC(=O)c1cc(C)on1. The van der Waals surface area contributed by atoms with E-state index in [9.17, 15) is 9.59 Å². The van der Waals surface area contributed by atoms with Crippen LogP contribution in [-0.4, -0.2) is 23.9 Å². The van der Waals surface area contributed by atoms with Crippen LogP contribution in [0.2, 0.25) is 0 Å². The molecular weight excluding hydrogens is 292 g/mol. The van der Waals surface area contributed by atoms with Gasteiger partial charge >= 0.3 is 0 Å². The number of hydrogen-bond donors (Lipinski definition) is 1. The summed E-state index contributed by atoms with van der Waals surface area (Å²) in [5.74, 6) is 1.38. The van der Waals surface area contributed by atoms with Crippen LogP contribution in [0.25, 0.3) is 0 Å². The van der Waals surface area contributed by atoms with E-state index in [1.807, 2.05) is 13.8 Å². The third-order valence-corrected chi connectivity index (χ3v) is 2.16. The van der Waals surface area contributed by atoms with Crippen molar-refractivity contribution in [3.05, 3.63) is 17.5 Å². The van der Waals surface area contributed by atoms with Gasteiger partial charge < -0.3 is 14.6 Å². The molecule has 23 heavy (non-hydrogen) atoms. The number of nitrogens with zero attached hydrogens (tertiary/aromatic N) is 1. The summed E-state index contributed by atoms with van der Waals surface area (Å²) in [5, 5.41) is 5.93. The first-order valence-corrected chi connectivity index (χ1v) is 8.43. The highest BCUT2D eigenvalue weighted by atomic mass is 16.5. The second-order valence-electron chi connectivity index (χ2n) is 5.24. The summed E-state index contributed by atoms with van der Waals surface area (Å²) in [7, 11) is 1.55. The number of carbonyl (C=O) groups excluding carboxylic acids is 2. The summed E-state index contributed by atoms with van der Waals surface area (Å²) in [6, 6.07) is 1.58. The molecular formula is C18H36N2O3. The molecule has 0 aromatic carbocycles. The molecule has 1 N–H and O–H groups in total. The van der Waals surface area contributed by atoms with Crippen LogP contribution in [0.4, 0.5) is 0 Å². The first-order valence-electron chi connectivity index (χ1n) is 8.43. The van der Waals surface area contributed by atoms with E-state index in [4.69, 9.17) is 0 Å². The number of Topliss-reactive ketones (excluding diaryl/α,β-unsaturated/α-hetero) is 1. The molecule has 0 bridgehead atoms. The fraction of sp³-hybridized carbons (Fsp3) is 0.722. The largest absolute Gasteiger partial charge is 0.361 e. The van der Waals surface area contributed by atoms with Gasteiger partial charge in [0.15, 0.2) is 5.69 Å². The molecule has 5 nitrogen and oxygen atoms in total. The summed E-state index contributed by atoms with van der Waals surface area (Å²) >= 11 is 0. The Hall–Kier alpha value is -1.65. The Bertz CT molecular complexity index is 399. The van der Waals surface area contributed by atoms with Crippen LogP contribution < -0.4 is 5.32 Å². The van der Waals surface area contributed by atoms with E-state index in [0.717, 1.165) is 12.8 Å². The van der Waals surface area contributed by atoms with Crippen molar-refractivity contribution < 1.29 is 14.1 Å². The van der Waals surface area contributed by atoms with E-state index < -0.39 is 0 Å². The van der Waals surface area contributed by atoms with E-state index in [2.05, 4.69) is 42.7 Å². The zero-order valence-electron chi connectivity index (χ0n) is 16.4. The second-order valence-corrected chi connectivity index (χ2v) is 5.24. The molecule has 0 saturated carbocycles. The molecule has 0 aliphatic heterocycles. The van der Waals surface area contributed by atoms with E-state index in [1.165, 1.54) is 6.42 Å². The van der Waals surface area contributed by atoms with E-state index >= 15 is 0 Å². The van der Waals surface area contributed by atoms with Gasteiger partial charge in [-0.3, -0.25) is 4.79 Å². The third-order valence-electron chi connectivity index (χ3n) is 2.16. The zero-order chi connectivity index (χ0) is 18.8. The molecule has 1 rings (SSSR count). The Morgan fingerprint density at radius 2 is 1.74 bits per heavy atom. The zero-order valence-corrected chi connectivity index (χ0v) is 16.4. The van der Waals surface area contributed by atoms with Gasteiger partial charge in [-0.05, 0) is 26.2 Å². The van der Waals surface area contributed by atoms with Crippen LogP contribution in [0.5, 0.6) is 0 Å². The van der Waals surface area contributed by atoms with Crippen molar-refractivity contribution in [1.29, 1.82) is 0 Å². The van der Waals surface area contributed by atoms with Gasteiger partial charge in [0.2, 0.25) is 0 Å². The molecule has 5 heteroatoms. The molecule has 0 unspecified atom stereocenters. The van der Waals surface area contributed by atoms with Crippen molar-refractivity contribution in [2.24, 2.45) is 5.92 Å². The summed E-state index contributed by atoms with van der Waals surface area (Å²) < 4.78 is 4.68. The van der Waals surface area contributed by atoms with Crippen molar-refractivity contribution in [3.8, 4) is 0 Å². The lowest BCUT2D eigenvalue weighted by atomic mass is 10.1. The van der Waals surface area contributed by atoms with E-state index in [1.54, 1.807) is 27.0 Å². The lowest BCUT2D eigenvalue weighted by Crippen LogP contribution is -2.17. The number of hydrogen-bond acceptors (Lipinski definition) is 4. The van der Waals surface area contributed by atoms with Gasteiger partial charge in [-0.2, -0.15) is 0 Å². The molecule has 0 atom stereocenters. The van der Waals surface area contributed by atoms with Crippen LogP contribution in [0.3, 0.4) is 0 Å². The normalized spacial score (nSPS) is 8.61. The molecule has 0 spiro atoms. The lowest BCUT2D eigenvalue weighted by Gasteiger charge is -1.98. The highest BCUT2D eigenvalue weighted by Gasteiger charge is 2.06. The summed E-state index contributed by atoms with van der Waals surface area (Å²) in [5.41, 5.74) is 0.319. The first-order chi connectivity index (χ1) is 10.8. The number of nitrogens with one attached hydrogen (secondary N) is 1. The van der Waals surface area contributed by atoms with Crippen molar-refractivity contribution in [3.63, 3.8) is 0 Å². The standard InChI is InChI=1S/C7H14O.C6H8N2O2.C3H8.C2H6/c1-6(2)4-5-7(3)8;1-4-3-5(8-10-4)6(9)7-2;1-3-2;1-2/h6H,4-5H2,1-3H3;3H,1-2H3,(H,7,9);3H2,1-2H3;1-2H3. The Balaban J connectivity index is -0.000000277. The number of rotatable bonds is 4. The van der Waals surface area contributed by atoms with Crippen LogP contribution >= 0.6 is 0 Å². The van der Waals surface area contributed by atoms with Crippen molar-refractivity contribution in [2.45, 2.75) is 74.7 Å². The van der Waals surface area contributed by atoms with Gasteiger partial charge in [0.25, 0.3) is 5.91 Å². The van der Waals surface area contributed by atoms with Gasteiger partial charge in [-0.15, -0.1) is 0 Å². The summed E-state index contributed by atoms with van der Waals surface area (Å²) in [6.07, 6.45) is 3.03. The Morgan fingerprint density at radius 1 is 1.26 bits per heavy atom. The molecule has 0 fully saturated rings. The van der Waals surface area contributed by atoms with Crippen molar-refractivity contribution in [1.82, 2.24) is 10.5 Å². The molecule has 1 heterocycles. The van der Waals surface area contributed by atoms with Crippen molar-refractivity contribution >= 4 is 11.7 Å². The highest BCUT2D eigenvalue weighted by Crippen LogP contribution is 2.02. The van der Waals surface area contributed by atoms with E-state index in [-0.39, 0.29) is 5.91 Å². The minimum atomic E-state index is -0.225. The van der Waals surface area contributed by atoms with Gasteiger partial charge in [0.05, 0.1) is 0 Å². The van der Waals surface area contributed by atoms with Crippen LogP contribution in [0, 0.1) is 12.8 Å². The number of aryl methyl sites for hydroxylation is 1. The molecule has 0 radical (unpaired) electrons. The fourth-order valence-corrected chi connectivity index (χ4v) is 1.09. The topological polar surface area (TPSA) is 72.2 Å². The smallest absolute Gasteiger partial charge is 0.273 e. The minimum Gasteiger partial charge on any atom is -0.361 e. The first kappa shape index (κ1) is 26.3. The Labute approximate surface area is 142 Å². The van der Waals surface area contributed by atoms with Gasteiger partial charge in [0.1, 0.15) is 11.5 Å². The summed E-state index contributed by atoms with van der Waals surface area (Å²) in [6.45, 7) is 15.9. The Kier molecular flexibility index (Phi) is 21.0. The summed E-state index contributed by atoms with van der Waals surface area (Å²) in [4.78, 5) is 21.1. The number of amides is 1. The van der Waals surface area contributed by atoms with Gasteiger partial charge in [-0.1, -0.05) is 53.1 Å². The van der Waals surface area contributed by atoms with Crippen LogP contribution in [0.15, 0.2) is 10.6 Å². The van der Waals surface area contributed by atoms with Gasteiger partial charge in [0, 0.05) is 19.5 Å². The number of carbonyl (C=O) groups is 2. The third kappa shape index (κ3) is 20.4. The maximum Gasteiger partial charge on any atom is 0.273 e. The number of ketones is 1. The monoisotopic (exact) mass is 328 g/mol. The predicted octanol–water partition coefficient (Wildman–Crippen LogP) is 4.80. The number of aromatic nitrogens is 1. The molecule has 0 aliphatic carbocycles. The Morgan fingerprint density at radius 3 is 1.96 bits per heavy atom. The van der Waals surface area contributed by atoms with Gasteiger partial charge in [-0.25, -0.2) is 0 Å². The maximum absolute atomic E-state index is 10.8. The predicted molar refractivity (Wildman–Crippen MR) is 96.7 cm³/mol.